The van der Waals surface area contributed by atoms with Crippen molar-refractivity contribution in [3.63, 3.8) is 0 Å². The van der Waals surface area contributed by atoms with Crippen LogP contribution in [-0.2, 0) is 6.54 Å². The number of benzene rings is 2. The maximum atomic E-state index is 6.24. The van der Waals surface area contributed by atoms with Gasteiger partial charge in [-0.3, -0.25) is 0 Å². The van der Waals surface area contributed by atoms with Gasteiger partial charge in [0.15, 0.2) is 0 Å². The van der Waals surface area contributed by atoms with Gasteiger partial charge in [0.05, 0.1) is 12.8 Å². The van der Waals surface area contributed by atoms with Crippen LogP contribution in [0.15, 0.2) is 39.3 Å². The zero-order chi connectivity index (χ0) is 14.7. The van der Waals surface area contributed by atoms with Crippen LogP contribution in [0.4, 0.5) is 5.69 Å². The lowest BCUT2D eigenvalue weighted by molar-refractivity contribution is 0.410. The number of nitrogens with one attached hydrogen (secondary N) is 1. The highest BCUT2D eigenvalue weighted by atomic mass is 79.9. The highest BCUT2D eigenvalue weighted by Gasteiger charge is 2.10. The first-order valence-corrected chi connectivity index (χ1v) is 8.00. The quantitative estimate of drug-likeness (QED) is 0.677. The molecular weight excluding hydrogens is 405 g/mol. The highest BCUT2D eigenvalue weighted by Crippen LogP contribution is 2.34. The van der Waals surface area contributed by atoms with Gasteiger partial charge in [0.25, 0.3) is 0 Å². The fourth-order valence-electron chi connectivity index (χ4n) is 1.95. The van der Waals surface area contributed by atoms with Crippen molar-refractivity contribution < 1.29 is 4.74 Å². The number of hydrogen-bond donors (Lipinski definition) is 1. The van der Waals surface area contributed by atoms with Crippen molar-refractivity contribution in [2.24, 2.45) is 0 Å². The third kappa shape index (κ3) is 3.48. The molecule has 5 heteroatoms. The average molecular weight is 420 g/mol. The summed E-state index contributed by atoms with van der Waals surface area (Å²) in [5.74, 6) is 0.782. The van der Waals surface area contributed by atoms with Gasteiger partial charge in [0.2, 0.25) is 0 Å². The number of rotatable bonds is 4. The van der Waals surface area contributed by atoms with Gasteiger partial charge in [0.1, 0.15) is 5.75 Å². The first kappa shape index (κ1) is 15.7. The molecule has 0 radical (unpaired) electrons. The first-order chi connectivity index (χ1) is 9.52. The molecule has 0 amide bonds. The molecular formula is C15H14Br2ClNO. The molecule has 0 heterocycles. The second kappa shape index (κ2) is 6.83. The van der Waals surface area contributed by atoms with Crippen LogP contribution in [0.1, 0.15) is 11.1 Å². The molecule has 1 N–H and O–H groups in total. The standard InChI is InChI=1S/C15H14Br2ClNO/c1-9-6-11(16)15(12(17)7-9)19-8-10-13(18)4-3-5-14(10)20-2/h3-7,19H,8H2,1-2H3. The largest absolute Gasteiger partial charge is 0.496 e. The van der Waals surface area contributed by atoms with E-state index in [4.69, 9.17) is 16.3 Å². The molecule has 0 saturated heterocycles. The maximum Gasteiger partial charge on any atom is 0.125 e. The molecule has 0 aromatic heterocycles. The van der Waals surface area contributed by atoms with Crippen LogP contribution in [0.25, 0.3) is 0 Å². The summed E-state index contributed by atoms with van der Waals surface area (Å²) in [7, 11) is 1.65. The van der Waals surface area contributed by atoms with Gasteiger partial charge in [0, 0.05) is 26.1 Å². The molecule has 0 atom stereocenters. The maximum absolute atomic E-state index is 6.24. The molecule has 2 aromatic rings. The molecule has 0 spiro atoms. The molecule has 0 aliphatic carbocycles. The van der Waals surface area contributed by atoms with E-state index in [2.05, 4.69) is 56.2 Å². The molecule has 0 aliphatic heterocycles. The Balaban J connectivity index is 2.26. The Kier molecular flexibility index (Phi) is 5.35. The van der Waals surface area contributed by atoms with E-state index in [1.54, 1.807) is 7.11 Å². The van der Waals surface area contributed by atoms with Crippen molar-refractivity contribution in [3.05, 3.63) is 55.4 Å². The Labute approximate surface area is 140 Å². The minimum atomic E-state index is 0.586. The van der Waals surface area contributed by atoms with E-state index in [1.165, 1.54) is 5.56 Å². The lowest BCUT2D eigenvalue weighted by atomic mass is 10.2. The van der Waals surface area contributed by atoms with Gasteiger partial charge in [-0.1, -0.05) is 17.7 Å². The Morgan fingerprint density at radius 1 is 1.20 bits per heavy atom. The Morgan fingerprint density at radius 2 is 1.85 bits per heavy atom. The number of aryl methyl sites for hydroxylation is 1. The topological polar surface area (TPSA) is 21.3 Å². The highest BCUT2D eigenvalue weighted by molar-refractivity contribution is 9.11. The zero-order valence-electron chi connectivity index (χ0n) is 11.1. The Hall–Kier alpha value is -0.710. The van der Waals surface area contributed by atoms with Crippen molar-refractivity contribution in [3.8, 4) is 5.75 Å². The molecule has 0 saturated carbocycles. The second-order valence-corrected chi connectivity index (χ2v) is 6.49. The van der Waals surface area contributed by atoms with Crippen LogP contribution >= 0.6 is 43.5 Å². The van der Waals surface area contributed by atoms with Crippen LogP contribution in [0.3, 0.4) is 0 Å². The van der Waals surface area contributed by atoms with Gasteiger partial charge in [-0.2, -0.15) is 0 Å². The molecule has 0 aliphatic rings. The van der Waals surface area contributed by atoms with Gasteiger partial charge in [-0.25, -0.2) is 0 Å². The van der Waals surface area contributed by atoms with Crippen LogP contribution in [0.2, 0.25) is 5.02 Å². The minimum absolute atomic E-state index is 0.586. The summed E-state index contributed by atoms with van der Waals surface area (Å²) < 4.78 is 7.37. The smallest absolute Gasteiger partial charge is 0.125 e. The lowest BCUT2D eigenvalue weighted by Crippen LogP contribution is -2.04. The van der Waals surface area contributed by atoms with Crippen molar-refractivity contribution in [2.75, 3.05) is 12.4 Å². The van der Waals surface area contributed by atoms with Crippen LogP contribution in [0, 0.1) is 6.92 Å². The summed E-state index contributed by atoms with van der Waals surface area (Å²) in [5.41, 5.74) is 3.12. The van der Waals surface area contributed by atoms with Crippen molar-refractivity contribution in [1.82, 2.24) is 0 Å². The molecule has 2 nitrogen and oxygen atoms in total. The summed E-state index contributed by atoms with van der Waals surface area (Å²) in [6.07, 6.45) is 0. The predicted octanol–water partition coefficient (Wildman–Crippen LogP) is 5.79. The third-order valence-corrected chi connectivity index (χ3v) is 4.53. The van der Waals surface area contributed by atoms with Crippen molar-refractivity contribution in [2.45, 2.75) is 13.5 Å². The summed E-state index contributed by atoms with van der Waals surface area (Å²) in [5, 5.41) is 4.07. The van der Waals surface area contributed by atoms with E-state index >= 15 is 0 Å². The van der Waals surface area contributed by atoms with E-state index in [0.717, 1.165) is 25.9 Å². The number of anilines is 1. The molecule has 0 unspecified atom stereocenters. The van der Waals surface area contributed by atoms with Gasteiger partial charge in [-0.15, -0.1) is 0 Å². The molecule has 0 bridgehead atoms. The minimum Gasteiger partial charge on any atom is -0.496 e. The summed E-state index contributed by atoms with van der Waals surface area (Å²) in [4.78, 5) is 0. The van der Waals surface area contributed by atoms with Gasteiger partial charge >= 0.3 is 0 Å². The number of hydrogen-bond acceptors (Lipinski definition) is 2. The Bertz CT molecular complexity index is 608. The van der Waals surface area contributed by atoms with Crippen LogP contribution in [0.5, 0.6) is 5.75 Å². The molecule has 106 valence electrons. The Morgan fingerprint density at radius 3 is 2.45 bits per heavy atom. The van der Waals surface area contributed by atoms with Gasteiger partial charge in [-0.05, 0) is 68.6 Å². The van der Waals surface area contributed by atoms with Crippen LogP contribution in [-0.4, -0.2) is 7.11 Å². The summed E-state index contributed by atoms with van der Waals surface area (Å²) in [6.45, 7) is 2.64. The normalized spacial score (nSPS) is 10.4. The van der Waals surface area contributed by atoms with E-state index in [1.807, 2.05) is 18.2 Å². The summed E-state index contributed by atoms with van der Waals surface area (Å²) in [6, 6.07) is 9.78. The molecule has 2 rings (SSSR count). The second-order valence-electron chi connectivity index (χ2n) is 4.38. The molecule has 0 fully saturated rings. The van der Waals surface area contributed by atoms with Crippen molar-refractivity contribution >= 4 is 49.1 Å². The first-order valence-electron chi connectivity index (χ1n) is 6.04. The van der Waals surface area contributed by atoms with E-state index in [0.29, 0.717) is 11.6 Å². The SMILES string of the molecule is COc1cccc(Cl)c1CNc1c(Br)cc(C)cc1Br. The van der Waals surface area contributed by atoms with Crippen LogP contribution < -0.4 is 10.1 Å². The molecule has 2 aromatic carbocycles. The monoisotopic (exact) mass is 417 g/mol. The fraction of sp³-hybridized carbons (Fsp3) is 0.200. The zero-order valence-corrected chi connectivity index (χ0v) is 15.1. The average Bonchev–Trinajstić information content (AvgIpc) is 2.38. The number of ether oxygens (including phenoxy) is 1. The van der Waals surface area contributed by atoms with E-state index < -0.39 is 0 Å². The predicted molar refractivity (Wildman–Crippen MR) is 91.9 cm³/mol. The number of methoxy groups -OCH3 is 1. The fourth-order valence-corrected chi connectivity index (χ4v) is 3.88. The number of halogens is 3. The third-order valence-electron chi connectivity index (χ3n) is 2.92. The van der Waals surface area contributed by atoms with E-state index in [-0.39, 0.29) is 0 Å². The summed E-state index contributed by atoms with van der Waals surface area (Å²) >= 11 is 13.4. The lowest BCUT2D eigenvalue weighted by Gasteiger charge is -2.15. The van der Waals surface area contributed by atoms with E-state index in [9.17, 15) is 0 Å². The van der Waals surface area contributed by atoms with Gasteiger partial charge < -0.3 is 10.1 Å². The molecule has 20 heavy (non-hydrogen) atoms. The van der Waals surface area contributed by atoms with Crippen molar-refractivity contribution in [1.29, 1.82) is 0 Å².